The number of para-hydroxylation sites is 1. The Kier molecular flexibility index (Phi) is 3.95. The molecule has 31 heavy (non-hydrogen) atoms. The van der Waals surface area contributed by atoms with Crippen LogP contribution in [0.1, 0.15) is 27.7 Å². The molecule has 0 saturated carbocycles. The zero-order valence-electron chi connectivity index (χ0n) is 17.9. The van der Waals surface area contributed by atoms with Crippen molar-refractivity contribution >= 4 is 56.1 Å². The molecule has 6 rings (SSSR count). The molecule has 1 aliphatic heterocycles. The lowest BCUT2D eigenvalue weighted by molar-refractivity contribution is 0.00578. The first-order chi connectivity index (χ1) is 14.8. The standard InChI is InChI=1S/C25H22BNO3S/c1-24(2)25(3,4)30-26(29-24)18-12-8-11-16-17-13-21-19(14-20(17)28-22(16)18)27-23(31-21)15-9-6-5-7-10-15/h5-14H,1-4H3. The van der Waals surface area contributed by atoms with Gasteiger partial charge in [-0.05, 0) is 33.8 Å². The molecule has 0 amide bonds. The van der Waals surface area contributed by atoms with E-state index < -0.39 is 18.3 Å². The second kappa shape index (κ2) is 6.42. The van der Waals surface area contributed by atoms with Crippen LogP contribution >= 0.6 is 11.3 Å². The molecule has 1 aliphatic rings. The van der Waals surface area contributed by atoms with Gasteiger partial charge in [-0.3, -0.25) is 0 Å². The summed E-state index contributed by atoms with van der Waals surface area (Å²) in [7, 11) is -0.460. The topological polar surface area (TPSA) is 44.5 Å². The molecule has 3 aromatic carbocycles. The third kappa shape index (κ3) is 2.86. The Morgan fingerprint density at radius 1 is 0.839 bits per heavy atom. The van der Waals surface area contributed by atoms with E-state index >= 15 is 0 Å². The van der Waals surface area contributed by atoms with Gasteiger partial charge in [-0.2, -0.15) is 0 Å². The molecule has 0 atom stereocenters. The van der Waals surface area contributed by atoms with E-state index in [1.165, 1.54) is 0 Å². The Hall–Kier alpha value is -2.67. The first kappa shape index (κ1) is 19.1. The van der Waals surface area contributed by atoms with Crippen LogP contribution in [0.2, 0.25) is 0 Å². The highest BCUT2D eigenvalue weighted by atomic mass is 32.1. The van der Waals surface area contributed by atoms with Crippen LogP contribution < -0.4 is 5.46 Å². The summed E-state index contributed by atoms with van der Waals surface area (Å²) >= 11 is 1.70. The van der Waals surface area contributed by atoms with Gasteiger partial charge in [-0.1, -0.05) is 48.5 Å². The average Bonchev–Trinajstić information content (AvgIpc) is 3.37. The molecule has 0 spiro atoms. The summed E-state index contributed by atoms with van der Waals surface area (Å²) in [4.78, 5) is 4.85. The van der Waals surface area contributed by atoms with Gasteiger partial charge in [0.1, 0.15) is 16.2 Å². The molecule has 1 saturated heterocycles. The molecule has 0 bridgehead atoms. The summed E-state index contributed by atoms with van der Waals surface area (Å²) in [5, 5.41) is 3.17. The molecular formula is C25H22BNO3S. The predicted octanol–water partition coefficient (Wildman–Crippen LogP) is 6.16. The van der Waals surface area contributed by atoms with Gasteiger partial charge in [-0.25, -0.2) is 4.98 Å². The van der Waals surface area contributed by atoms with Crippen molar-refractivity contribution in [3.63, 3.8) is 0 Å². The van der Waals surface area contributed by atoms with Crippen molar-refractivity contribution in [2.45, 2.75) is 38.9 Å². The molecule has 0 aliphatic carbocycles. The first-order valence-corrected chi connectivity index (χ1v) is 11.3. The van der Waals surface area contributed by atoms with Gasteiger partial charge in [0.25, 0.3) is 0 Å². The number of hydrogen-bond donors (Lipinski definition) is 0. The Morgan fingerprint density at radius 2 is 1.58 bits per heavy atom. The lowest BCUT2D eigenvalue weighted by Crippen LogP contribution is -2.41. The van der Waals surface area contributed by atoms with E-state index in [9.17, 15) is 0 Å². The number of fused-ring (bicyclic) bond motifs is 4. The van der Waals surface area contributed by atoms with Crippen molar-refractivity contribution in [1.29, 1.82) is 0 Å². The fraction of sp³-hybridized carbons (Fsp3) is 0.240. The number of hydrogen-bond acceptors (Lipinski definition) is 5. The minimum Gasteiger partial charge on any atom is -0.456 e. The largest absolute Gasteiger partial charge is 0.498 e. The highest BCUT2D eigenvalue weighted by Crippen LogP contribution is 2.39. The Balaban J connectivity index is 1.50. The molecule has 4 nitrogen and oxygen atoms in total. The van der Waals surface area contributed by atoms with Crippen molar-refractivity contribution in [3.8, 4) is 10.6 Å². The summed E-state index contributed by atoms with van der Waals surface area (Å²) in [6.45, 7) is 8.26. The SMILES string of the molecule is CC1(C)OB(c2cccc3c2oc2cc4nc(-c5ccccc5)sc4cc23)OC1(C)C. The molecule has 1 fully saturated rings. The van der Waals surface area contributed by atoms with Gasteiger partial charge in [0.15, 0.2) is 0 Å². The fourth-order valence-corrected chi connectivity index (χ4v) is 5.09. The average molecular weight is 427 g/mol. The van der Waals surface area contributed by atoms with Crippen LogP contribution in [0.4, 0.5) is 0 Å². The number of nitrogens with zero attached hydrogens (tertiary/aromatic N) is 1. The highest BCUT2D eigenvalue weighted by molar-refractivity contribution is 7.21. The molecule has 0 radical (unpaired) electrons. The van der Waals surface area contributed by atoms with E-state index in [2.05, 4.69) is 52.0 Å². The maximum absolute atomic E-state index is 6.36. The zero-order chi connectivity index (χ0) is 21.4. The molecular weight excluding hydrogens is 405 g/mol. The third-order valence-corrected chi connectivity index (χ3v) is 7.63. The van der Waals surface area contributed by atoms with Gasteiger partial charge >= 0.3 is 7.12 Å². The van der Waals surface area contributed by atoms with E-state index in [0.29, 0.717) is 0 Å². The third-order valence-electron chi connectivity index (χ3n) is 6.57. The van der Waals surface area contributed by atoms with Gasteiger partial charge < -0.3 is 13.7 Å². The van der Waals surface area contributed by atoms with Crippen LogP contribution in [0.25, 0.3) is 42.7 Å². The van der Waals surface area contributed by atoms with Crippen molar-refractivity contribution in [3.05, 3.63) is 60.7 Å². The van der Waals surface area contributed by atoms with Crippen molar-refractivity contribution in [2.24, 2.45) is 0 Å². The molecule has 6 heteroatoms. The van der Waals surface area contributed by atoms with E-state index in [-0.39, 0.29) is 0 Å². The van der Waals surface area contributed by atoms with Crippen molar-refractivity contribution in [2.75, 3.05) is 0 Å². The lowest BCUT2D eigenvalue weighted by Gasteiger charge is -2.32. The summed E-state index contributed by atoms with van der Waals surface area (Å²) in [5.74, 6) is 0. The number of benzene rings is 3. The molecule has 0 unspecified atom stereocenters. The van der Waals surface area contributed by atoms with Crippen LogP contribution in [0.3, 0.4) is 0 Å². The maximum Gasteiger partial charge on any atom is 0.498 e. The maximum atomic E-state index is 6.36. The number of furan rings is 1. The van der Waals surface area contributed by atoms with Gasteiger partial charge in [0, 0.05) is 27.9 Å². The molecule has 5 aromatic rings. The first-order valence-electron chi connectivity index (χ1n) is 10.5. The quantitative estimate of drug-likeness (QED) is 0.317. The molecule has 3 heterocycles. The number of aromatic nitrogens is 1. The summed E-state index contributed by atoms with van der Waals surface area (Å²) in [5.41, 5.74) is 3.86. The Bertz CT molecular complexity index is 1440. The lowest BCUT2D eigenvalue weighted by atomic mass is 9.78. The molecule has 2 aromatic heterocycles. The number of rotatable bonds is 2. The van der Waals surface area contributed by atoms with E-state index in [4.69, 9.17) is 18.7 Å². The monoisotopic (exact) mass is 427 g/mol. The second-order valence-corrected chi connectivity index (χ2v) is 10.1. The van der Waals surface area contributed by atoms with Gasteiger partial charge in [0.05, 0.1) is 21.4 Å². The fourth-order valence-electron chi connectivity index (χ4n) is 4.10. The van der Waals surface area contributed by atoms with E-state index in [1.807, 2.05) is 36.4 Å². The van der Waals surface area contributed by atoms with Crippen LogP contribution in [0, 0.1) is 0 Å². The minimum atomic E-state index is -0.460. The van der Waals surface area contributed by atoms with Gasteiger partial charge in [-0.15, -0.1) is 11.3 Å². The van der Waals surface area contributed by atoms with Crippen molar-refractivity contribution in [1.82, 2.24) is 4.98 Å². The minimum absolute atomic E-state index is 0.397. The predicted molar refractivity (Wildman–Crippen MR) is 128 cm³/mol. The number of thiazole rings is 1. The van der Waals surface area contributed by atoms with Crippen LogP contribution in [-0.4, -0.2) is 23.3 Å². The van der Waals surface area contributed by atoms with E-state index in [1.54, 1.807) is 11.3 Å². The molecule has 0 N–H and O–H groups in total. The van der Waals surface area contributed by atoms with Crippen LogP contribution in [-0.2, 0) is 9.31 Å². The smallest absolute Gasteiger partial charge is 0.456 e. The molecule has 154 valence electrons. The zero-order valence-corrected chi connectivity index (χ0v) is 18.7. The summed E-state index contributed by atoms with van der Waals surface area (Å²) in [6.07, 6.45) is 0. The van der Waals surface area contributed by atoms with Crippen LogP contribution in [0.15, 0.2) is 65.1 Å². The Morgan fingerprint density at radius 3 is 2.32 bits per heavy atom. The second-order valence-electron chi connectivity index (χ2n) is 9.12. The highest BCUT2D eigenvalue weighted by Gasteiger charge is 2.52. The summed E-state index contributed by atoms with van der Waals surface area (Å²) in [6, 6.07) is 20.7. The summed E-state index contributed by atoms with van der Waals surface area (Å²) < 4.78 is 20.1. The van der Waals surface area contributed by atoms with Crippen molar-refractivity contribution < 1.29 is 13.7 Å². The van der Waals surface area contributed by atoms with Gasteiger partial charge in [0.2, 0.25) is 0 Å². The normalized spacial score (nSPS) is 17.9. The van der Waals surface area contributed by atoms with Crippen LogP contribution in [0.5, 0.6) is 0 Å². The Labute approximate surface area is 184 Å². The van der Waals surface area contributed by atoms with E-state index in [0.717, 1.165) is 48.2 Å².